The van der Waals surface area contributed by atoms with Gasteiger partial charge in [0.25, 0.3) is 0 Å². The summed E-state index contributed by atoms with van der Waals surface area (Å²) in [6, 6.07) is 0. The fraction of sp³-hybridized carbons (Fsp3) is 0.974. The molecule has 0 aromatic heterocycles. The minimum atomic E-state index is -0.554. The highest BCUT2D eigenvalue weighted by Crippen LogP contribution is 2.21. The zero-order valence-electron chi connectivity index (χ0n) is 28.7. The molecule has 0 aromatic rings. The lowest BCUT2D eigenvalue weighted by molar-refractivity contribution is -0.142. The molecule has 2 heteroatoms. The largest absolute Gasteiger partial charge is 0.481 e. The Morgan fingerprint density at radius 2 is 0.512 bits per heavy atom. The number of carbonyl (C=O) groups is 1. The number of rotatable bonds is 36. The lowest BCUT2D eigenvalue weighted by Gasteiger charge is -2.12. The Balaban J connectivity index is 3.36. The van der Waals surface area contributed by atoms with Crippen LogP contribution in [0, 0.1) is 5.92 Å². The predicted molar refractivity (Wildman–Crippen MR) is 184 cm³/mol. The van der Waals surface area contributed by atoms with Crippen LogP contribution in [0.4, 0.5) is 0 Å². The van der Waals surface area contributed by atoms with Gasteiger partial charge in [-0.2, -0.15) is 0 Å². The van der Waals surface area contributed by atoms with Gasteiger partial charge >= 0.3 is 5.97 Å². The molecular weight excluding hydrogens is 500 g/mol. The molecule has 0 saturated carbocycles. The SMILES string of the molecule is CCCCCCCCCCCCCCCCCCCCCC(CCCCCCCCCCCCCCCC)C(=O)O. The molecular formula is C39H78O2. The van der Waals surface area contributed by atoms with E-state index in [9.17, 15) is 9.90 Å². The zero-order valence-corrected chi connectivity index (χ0v) is 28.7. The van der Waals surface area contributed by atoms with Gasteiger partial charge in [-0.1, -0.05) is 226 Å². The van der Waals surface area contributed by atoms with Crippen molar-refractivity contribution < 1.29 is 9.90 Å². The van der Waals surface area contributed by atoms with Crippen LogP contribution in [0.25, 0.3) is 0 Å². The van der Waals surface area contributed by atoms with E-state index in [0.717, 1.165) is 25.7 Å². The Labute approximate surface area is 260 Å². The summed E-state index contributed by atoms with van der Waals surface area (Å²) in [6.45, 7) is 4.58. The van der Waals surface area contributed by atoms with Crippen LogP contribution in [-0.2, 0) is 4.79 Å². The average molecular weight is 579 g/mol. The maximum Gasteiger partial charge on any atom is 0.306 e. The second kappa shape index (κ2) is 35.7. The lowest BCUT2D eigenvalue weighted by Crippen LogP contribution is -2.13. The van der Waals surface area contributed by atoms with E-state index in [4.69, 9.17) is 0 Å². The van der Waals surface area contributed by atoms with Crippen molar-refractivity contribution in [2.45, 2.75) is 239 Å². The minimum Gasteiger partial charge on any atom is -0.481 e. The molecule has 0 spiro atoms. The molecule has 0 saturated heterocycles. The van der Waals surface area contributed by atoms with Crippen LogP contribution >= 0.6 is 0 Å². The number of hydrogen-bond acceptors (Lipinski definition) is 1. The van der Waals surface area contributed by atoms with E-state index in [1.54, 1.807) is 0 Å². The average Bonchev–Trinajstić information content (AvgIpc) is 2.97. The third kappa shape index (κ3) is 33.8. The Morgan fingerprint density at radius 1 is 0.341 bits per heavy atom. The van der Waals surface area contributed by atoms with Gasteiger partial charge in [0.1, 0.15) is 0 Å². The second-order valence-electron chi connectivity index (χ2n) is 13.6. The summed E-state index contributed by atoms with van der Waals surface area (Å²) >= 11 is 0. The van der Waals surface area contributed by atoms with Gasteiger partial charge in [0.05, 0.1) is 5.92 Å². The third-order valence-corrected chi connectivity index (χ3v) is 9.41. The van der Waals surface area contributed by atoms with Crippen LogP contribution in [0.2, 0.25) is 0 Å². The van der Waals surface area contributed by atoms with Gasteiger partial charge in [0.2, 0.25) is 0 Å². The highest BCUT2D eigenvalue weighted by Gasteiger charge is 2.16. The van der Waals surface area contributed by atoms with Gasteiger partial charge in [-0.25, -0.2) is 0 Å². The van der Waals surface area contributed by atoms with Crippen molar-refractivity contribution >= 4 is 5.97 Å². The van der Waals surface area contributed by atoms with Crippen LogP contribution in [-0.4, -0.2) is 11.1 Å². The summed E-state index contributed by atoms with van der Waals surface area (Å²) in [5.41, 5.74) is 0. The minimum absolute atomic E-state index is 0.0990. The van der Waals surface area contributed by atoms with Gasteiger partial charge in [0, 0.05) is 0 Å². The molecule has 0 aromatic carbocycles. The Kier molecular flexibility index (Phi) is 35.2. The summed E-state index contributed by atoms with van der Waals surface area (Å²) in [4.78, 5) is 11.7. The summed E-state index contributed by atoms with van der Waals surface area (Å²) in [5, 5.41) is 9.63. The van der Waals surface area contributed by atoms with E-state index in [2.05, 4.69) is 13.8 Å². The topological polar surface area (TPSA) is 37.3 Å². The molecule has 1 N–H and O–H groups in total. The monoisotopic (exact) mass is 579 g/mol. The quantitative estimate of drug-likeness (QED) is 0.0751. The van der Waals surface area contributed by atoms with Crippen molar-refractivity contribution in [3.63, 3.8) is 0 Å². The van der Waals surface area contributed by atoms with Crippen molar-refractivity contribution in [2.75, 3.05) is 0 Å². The van der Waals surface area contributed by atoms with Crippen molar-refractivity contribution in [3.8, 4) is 0 Å². The van der Waals surface area contributed by atoms with E-state index in [1.807, 2.05) is 0 Å². The molecule has 0 heterocycles. The summed E-state index contributed by atoms with van der Waals surface area (Å²) < 4.78 is 0. The first-order valence-corrected chi connectivity index (χ1v) is 19.4. The van der Waals surface area contributed by atoms with Crippen LogP contribution in [0.3, 0.4) is 0 Å². The van der Waals surface area contributed by atoms with Crippen LogP contribution in [0.5, 0.6) is 0 Å². The first-order valence-electron chi connectivity index (χ1n) is 19.4. The van der Waals surface area contributed by atoms with Crippen LogP contribution < -0.4 is 0 Å². The molecule has 0 radical (unpaired) electrons. The molecule has 2 nitrogen and oxygen atoms in total. The molecule has 246 valence electrons. The second-order valence-corrected chi connectivity index (χ2v) is 13.6. The van der Waals surface area contributed by atoms with Crippen LogP contribution in [0.1, 0.15) is 239 Å². The molecule has 1 unspecified atom stereocenters. The van der Waals surface area contributed by atoms with Gasteiger partial charge in [-0.15, -0.1) is 0 Å². The first kappa shape index (κ1) is 40.5. The van der Waals surface area contributed by atoms with Gasteiger partial charge < -0.3 is 5.11 Å². The highest BCUT2D eigenvalue weighted by atomic mass is 16.4. The maximum absolute atomic E-state index is 11.7. The number of hydrogen-bond donors (Lipinski definition) is 1. The molecule has 0 aliphatic rings. The number of carboxylic acid groups (broad SMARTS) is 1. The Bertz CT molecular complexity index is 488. The third-order valence-electron chi connectivity index (χ3n) is 9.41. The molecule has 0 aliphatic carbocycles. The summed E-state index contributed by atoms with van der Waals surface area (Å²) in [6.07, 6.45) is 47.3. The fourth-order valence-electron chi connectivity index (χ4n) is 6.45. The number of carboxylic acids is 1. The molecule has 0 amide bonds. The van der Waals surface area contributed by atoms with E-state index < -0.39 is 5.97 Å². The van der Waals surface area contributed by atoms with Gasteiger partial charge in [-0.05, 0) is 12.8 Å². The number of unbranched alkanes of at least 4 members (excludes halogenated alkanes) is 31. The van der Waals surface area contributed by atoms with Crippen LogP contribution in [0.15, 0.2) is 0 Å². The Hall–Kier alpha value is -0.530. The first-order chi connectivity index (χ1) is 20.2. The van der Waals surface area contributed by atoms with Crippen molar-refractivity contribution in [2.24, 2.45) is 5.92 Å². The Morgan fingerprint density at radius 3 is 0.683 bits per heavy atom. The molecule has 0 aliphatic heterocycles. The van der Waals surface area contributed by atoms with E-state index >= 15 is 0 Å². The molecule has 0 bridgehead atoms. The predicted octanol–water partition coefficient (Wildman–Crippen LogP) is 14.4. The normalized spacial score (nSPS) is 12.2. The van der Waals surface area contributed by atoms with Gasteiger partial charge in [-0.3, -0.25) is 4.79 Å². The summed E-state index contributed by atoms with van der Waals surface area (Å²) in [5.74, 6) is -0.653. The van der Waals surface area contributed by atoms with E-state index in [0.29, 0.717) is 0 Å². The van der Waals surface area contributed by atoms with Crippen molar-refractivity contribution in [1.29, 1.82) is 0 Å². The zero-order chi connectivity index (χ0) is 29.9. The maximum atomic E-state index is 11.7. The highest BCUT2D eigenvalue weighted by molar-refractivity contribution is 5.69. The molecule has 0 rings (SSSR count). The smallest absolute Gasteiger partial charge is 0.306 e. The van der Waals surface area contributed by atoms with Gasteiger partial charge in [0.15, 0.2) is 0 Å². The standard InChI is InChI=1S/C39H78O2/c1-3-5-7-9-11-13-15-17-19-20-21-22-23-25-27-29-31-33-35-37-38(39(40)41)36-34-32-30-28-26-24-18-16-14-12-10-8-6-4-2/h38H,3-37H2,1-2H3,(H,40,41). The number of aliphatic carboxylic acids is 1. The molecule has 0 fully saturated rings. The van der Waals surface area contributed by atoms with Crippen molar-refractivity contribution in [3.05, 3.63) is 0 Å². The van der Waals surface area contributed by atoms with Crippen molar-refractivity contribution in [1.82, 2.24) is 0 Å². The summed E-state index contributed by atoms with van der Waals surface area (Å²) in [7, 11) is 0. The molecule has 1 atom stereocenters. The lowest BCUT2D eigenvalue weighted by atomic mass is 9.94. The molecule has 41 heavy (non-hydrogen) atoms. The van der Waals surface area contributed by atoms with E-state index in [-0.39, 0.29) is 5.92 Å². The fourth-order valence-corrected chi connectivity index (χ4v) is 6.45. The van der Waals surface area contributed by atoms with E-state index in [1.165, 1.54) is 199 Å².